The maximum Gasteiger partial charge on any atom is 0.0718 e. The van der Waals surface area contributed by atoms with Gasteiger partial charge < -0.3 is 10.1 Å². The highest BCUT2D eigenvalue weighted by molar-refractivity contribution is 4.96. The van der Waals surface area contributed by atoms with Crippen LogP contribution in [-0.4, -0.2) is 49.3 Å². The van der Waals surface area contributed by atoms with E-state index < -0.39 is 0 Å². The standard InChI is InChI=1S/C9H16N2O/c1-2-10-4-7(1)11-5-9-3-8(11)6-12-9/h7-10H,1-6H2. The lowest BCUT2D eigenvalue weighted by Crippen LogP contribution is -2.45. The van der Waals surface area contributed by atoms with Gasteiger partial charge in [-0.2, -0.15) is 0 Å². The first-order valence-electron chi connectivity index (χ1n) is 5.01. The van der Waals surface area contributed by atoms with Crippen molar-refractivity contribution in [1.29, 1.82) is 0 Å². The summed E-state index contributed by atoms with van der Waals surface area (Å²) in [5.74, 6) is 0. The minimum Gasteiger partial charge on any atom is -0.375 e. The van der Waals surface area contributed by atoms with E-state index in [9.17, 15) is 0 Å². The Balaban J connectivity index is 1.69. The molecule has 68 valence electrons. The third-order valence-corrected chi connectivity index (χ3v) is 3.45. The van der Waals surface area contributed by atoms with Crippen molar-refractivity contribution in [3.05, 3.63) is 0 Å². The van der Waals surface area contributed by atoms with Crippen LogP contribution in [0.1, 0.15) is 12.8 Å². The summed E-state index contributed by atoms with van der Waals surface area (Å²) in [6.07, 6.45) is 3.19. The van der Waals surface area contributed by atoms with Crippen LogP contribution >= 0.6 is 0 Å². The van der Waals surface area contributed by atoms with Crippen molar-refractivity contribution in [3.63, 3.8) is 0 Å². The molecule has 3 aliphatic rings. The molecule has 3 fully saturated rings. The zero-order valence-corrected chi connectivity index (χ0v) is 7.33. The second-order valence-electron chi connectivity index (χ2n) is 4.19. The summed E-state index contributed by atoms with van der Waals surface area (Å²) in [5.41, 5.74) is 0. The fourth-order valence-corrected chi connectivity index (χ4v) is 2.80. The van der Waals surface area contributed by atoms with Gasteiger partial charge in [0, 0.05) is 25.2 Å². The van der Waals surface area contributed by atoms with E-state index in [2.05, 4.69) is 10.2 Å². The number of hydrogen-bond acceptors (Lipinski definition) is 3. The van der Waals surface area contributed by atoms with Gasteiger partial charge in [0.1, 0.15) is 0 Å². The fourth-order valence-electron chi connectivity index (χ4n) is 2.80. The first-order valence-corrected chi connectivity index (χ1v) is 5.01. The molecule has 12 heavy (non-hydrogen) atoms. The number of rotatable bonds is 1. The number of ether oxygens (including phenoxy) is 1. The zero-order valence-electron chi connectivity index (χ0n) is 7.33. The van der Waals surface area contributed by atoms with Gasteiger partial charge in [0.25, 0.3) is 0 Å². The SMILES string of the molecule is C1CC(N2CC3CC2CO3)CN1. The first kappa shape index (κ1) is 7.30. The van der Waals surface area contributed by atoms with Gasteiger partial charge in [-0.25, -0.2) is 0 Å². The normalized spacial score (nSPS) is 47.5. The number of fused-ring (bicyclic) bond motifs is 2. The van der Waals surface area contributed by atoms with Crippen LogP contribution in [0.25, 0.3) is 0 Å². The summed E-state index contributed by atoms with van der Waals surface area (Å²) in [4.78, 5) is 2.66. The van der Waals surface area contributed by atoms with Gasteiger partial charge in [0.15, 0.2) is 0 Å². The largest absolute Gasteiger partial charge is 0.375 e. The van der Waals surface area contributed by atoms with Gasteiger partial charge in [-0.15, -0.1) is 0 Å². The molecule has 0 radical (unpaired) electrons. The molecule has 0 aromatic rings. The third-order valence-electron chi connectivity index (χ3n) is 3.45. The molecular weight excluding hydrogens is 152 g/mol. The highest BCUT2D eigenvalue weighted by Crippen LogP contribution is 2.30. The molecule has 0 aliphatic carbocycles. The van der Waals surface area contributed by atoms with Gasteiger partial charge in [0.2, 0.25) is 0 Å². The molecular formula is C9H16N2O. The Morgan fingerprint density at radius 2 is 2.33 bits per heavy atom. The molecule has 3 atom stereocenters. The quantitative estimate of drug-likeness (QED) is 0.588. The van der Waals surface area contributed by atoms with Gasteiger partial charge in [-0.1, -0.05) is 0 Å². The van der Waals surface area contributed by atoms with Crippen LogP contribution in [0.3, 0.4) is 0 Å². The number of likely N-dealkylation sites (tertiary alicyclic amines) is 1. The van der Waals surface area contributed by atoms with E-state index in [-0.39, 0.29) is 0 Å². The molecule has 3 aliphatic heterocycles. The van der Waals surface area contributed by atoms with Crippen LogP contribution in [0.15, 0.2) is 0 Å². The van der Waals surface area contributed by atoms with Gasteiger partial charge >= 0.3 is 0 Å². The van der Waals surface area contributed by atoms with Crippen LogP contribution in [0.4, 0.5) is 0 Å². The monoisotopic (exact) mass is 168 g/mol. The van der Waals surface area contributed by atoms with Crippen LogP contribution in [0.2, 0.25) is 0 Å². The molecule has 1 N–H and O–H groups in total. The third kappa shape index (κ3) is 1.00. The molecule has 2 bridgehead atoms. The Hall–Kier alpha value is -0.120. The average molecular weight is 168 g/mol. The summed E-state index contributed by atoms with van der Waals surface area (Å²) in [6.45, 7) is 4.58. The Morgan fingerprint density at radius 3 is 2.92 bits per heavy atom. The van der Waals surface area contributed by atoms with Crippen molar-refractivity contribution in [2.45, 2.75) is 31.0 Å². The zero-order chi connectivity index (χ0) is 7.97. The molecule has 0 aromatic carbocycles. The van der Waals surface area contributed by atoms with Crippen LogP contribution < -0.4 is 5.32 Å². The molecule has 0 saturated carbocycles. The van der Waals surface area contributed by atoms with E-state index in [4.69, 9.17) is 4.74 Å². The van der Waals surface area contributed by atoms with Crippen molar-refractivity contribution in [1.82, 2.24) is 10.2 Å². The predicted molar refractivity (Wildman–Crippen MR) is 46.1 cm³/mol. The Labute approximate surface area is 73.1 Å². The lowest BCUT2D eigenvalue weighted by Gasteiger charge is -2.31. The van der Waals surface area contributed by atoms with Crippen molar-refractivity contribution >= 4 is 0 Å². The molecule has 3 heteroatoms. The summed E-state index contributed by atoms with van der Waals surface area (Å²) in [6, 6.07) is 1.56. The van der Waals surface area contributed by atoms with Gasteiger partial charge in [0.05, 0.1) is 12.7 Å². The van der Waals surface area contributed by atoms with E-state index in [0.29, 0.717) is 6.10 Å². The minimum absolute atomic E-state index is 0.565. The van der Waals surface area contributed by atoms with Crippen LogP contribution in [-0.2, 0) is 4.74 Å². The summed E-state index contributed by atoms with van der Waals surface area (Å²) < 4.78 is 5.58. The summed E-state index contributed by atoms with van der Waals surface area (Å²) in [7, 11) is 0. The Bertz CT molecular complexity index is 179. The molecule has 0 amide bonds. The first-order chi connectivity index (χ1) is 5.93. The van der Waals surface area contributed by atoms with E-state index in [1.807, 2.05) is 0 Å². The van der Waals surface area contributed by atoms with Gasteiger partial charge in [-0.3, -0.25) is 4.90 Å². The number of hydrogen-bond donors (Lipinski definition) is 1. The maximum atomic E-state index is 5.58. The van der Waals surface area contributed by atoms with E-state index in [1.165, 1.54) is 32.5 Å². The second-order valence-corrected chi connectivity index (χ2v) is 4.19. The summed E-state index contributed by atoms with van der Waals surface area (Å²) >= 11 is 0. The molecule has 3 heterocycles. The fraction of sp³-hybridized carbons (Fsp3) is 1.00. The highest BCUT2D eigenvalue weighted by Gasteiger charge is 2.42. The number of nitrogens with zero attached hydrogens (tertiary/aromatic N) is 1. The number of morpholine rings is 1. The molecule has 3 rings (SSSR count). The lowest BCUT2D eigenvalue weighted by atomic mass is 10.2. The maximum absolute atomic E-state index is 5.58. The van der Waals surface area contributed by atoms with Crippen molar-refractivity contribution in [2.24, 2.45) is 0 Å². The van der Waals surface area contributed by atoms with E-state index in [0.717, 1.165) is 18.7 Å². The van der Waals surface area contributed by atoms with Crippen LogP contribution in [0, 0.1) is 0 Å². The van der Waals surface area contributed by atoms with E-state index >= 15 is 0 Å². The molecule has 0 aromatic heterocycles. The van der Waals surface area contributed by atoms with Crippen molar-refractivity contribution in [3.8, 4) is 0 Å². The number of nitrogens with one attached hydrogen (secondary N) is 1. The van der Waals surface area contributed by atoms with Gasteiger partial charge in [-0.05, 0) is 19.4 Å². The lowest BCUT2D eigenvalue weighted by molar-refractivity contribution is 0.0150. The Morgan fingerprint density at radius 1 is 1.33 bits per heavy atom. The van der Waals surface area contributed by atoms with E-state index in [1.54, 1.807) is 0 Å². The molecule has 3 saturated heterocycles. The second kappa shape index (κ2) is 2.69. The predicted octanol–water partition coefficient (Wildman–Crippen LogP) is -0.179. The van der Waals surface area contributed by atoms with Crippen molar-refractivity contribution < 1.29 is 4.74 Å². The summed E-state index contributed by atoms with van der Waals surface area (Å²) in [5, 5.41) is 3.43. The van der Waals surface area contributed by atoms with Crippen molar-refractivity contribution in [2.75, 3.05) is 26.2 Å². The smallest absolute Gasteiger partial charge is 0.0718 e. The molecule has 3 nitrogen and oxygen atoms in total. The Kier molecular flexibility index (Phi) is 1.63. The highest BCUT2D eigenvalue weighted by atomic mass is 16.5. The topological polar surface area (TPSA) is 24.5 Å². The van der Waals surface area contributed by atoms with Crippen LogP contribution in [0.5, 0.6) is 0 Å². The molecule has 3 unspecified atom stereocenters. The average Bonchev–Trinajstić information content (AvgIpc) is 2.81. The molecule has 0 spiro atoms. The minimum atomic E-state index is 0.565.